The monoisotopic (exact) mass is 384 g/mol. The topological polar surface area (TPSA) is 76.9 Å². The lowest BCUT2D eigenvalue weighted by atomic mass is 9.79. The molecular formula is C11H18BrClN4O2S. The van der Waals surface area contributed by atoms with E-state index in [-0.39, 0.29) is 15.5 Å². The molecule has 1 aliphatic carbocycles. The van der Waals surface area contributed by atoms with Crippen LogP contribution in [0.2, 0.25) is 0 Å². The van der Waals surface area contributed by atoms with Gasteiger partial charge in [0.1, 0.15) is 0 Å². The first kappa shape index (κ1) is 16.2. The van der Waals surface area contributed by atoms with Crippen molar-refractivity contribution in [3.05, 3.63) is 4.60 Å². The van der Waals surface area contributed by atoms with Crippen LogP contribution < -0.4 is 4.72 Å². The van der Waals surface area contributed by atoms with Crippen LogP contribution in [-0.4, -0.2) is 34.8 Å². The second kappa shape index (κ2) is 5.90. The van der Waals surface area contributed by atoms with Crippen LogP contribution in [0.15, 0.2) is 9.63 Å². The van der Waals surface area contributed by atoms with E-state index in [2.05, 4.69) is 37.9 Å². The van der Waals surface area contributed by atoms with Gasteiger partial charge in [0.05, 0.1) is 0 Å². The number of alkyl halides is 1. The lowest BCUT2D eigenvalue weighted by Gasteiger charge is -2.38. The van der Waals surface area contributed by atoms with Gasteiger partial charge in [0.2, 0.25) is 5.03 Å². The summed E-state index contributed by atoms with van der Waals surface area (Å²) >= 11 is 9.18. The summed E-state index contributed by atoms with van der Waals surface area (Å²) in [6, 6.07) is 0. The maximum atomic E-state index is 12.5. The van der Waals surface area contributed by atoms with Crippen molar-refractivity contribution < 1.29 is 8.42 Å². The van der Waals surface area contributed by atoms with E-state index in [0.29, 0.717) is 5.92 Å². The third kappa shape index (κ3) is 3.18. The van der Waals surface area contributed by atoms with Gasteiger partial charge in [-0.2, -0.15) is 0 Å². The standard InChI is InChI=1S/C11H18BrClN4O2S/c1-8-3-5-11(7-13,6-4-8)15-20(18,19)10-9(12)14-16-17(10)2/h8,15H,3-7H2,1-2H3. The van der Waals surface area contributed by atoms with Gasteiger partial charge >= 0.3 is 0 Å². The summed E-state index contributed by atoms with van der Waals surface area (Å²) in [6.07, 6.45) is 3.44. The number of nitrogens with zero attached hydrogens (tertiary/aromatic N) is 3. The summed E-state index contributed by atoms with van der Waals surface area (Å²) in [4.78, 5) is 0. The van der Waals surface area contributed by atoms with Crippen molar-refractivity contribution in [1.82, 2.24) is 19.7 Å². The molecular weight excluding hydrogens is 368 g/mol. The van der Waals surface area contributed by atoms with Gasteiger partial charge in [-0.1, -0.05) is 12.1 Å². The van der Waals surface area contributed by atoms with Gasteiger partial charge in [-0.3, -0.25) is 0 Å². The smallest absolute Gasteiger partial charge is 0.235 e. The van der Waals surface area contributed by atoms with E-state index in [0.717, 1.165) is 25.7 Å². The molecule has 114 valence electrons. The molecule has 0 atom stereocenters. The molecule has 0 amide bonds. The van der Waals surface area contributed by atoms with Crippen LogP contribution in [0.3, 0.4) is 0 Å². The molecule has 0 aliphatic heterocycles. The number of sulfonamides is 1. The number of hydrogen-bond donors (Lipinski definition) is 1. The van der Waals surface area contributed by atoms with Crippen LogP contribution in [0.4, 0.5) is 0 Å². The Labute approximate surface area is 132 Å². The van der Waals surface area contributed by atoms with E-state index in [9.17, 15) is 8.42 Å². The first-order chi connectivity index (χ1) is 9.30. The molecule has 0 bridgehead atoms. The molecule has 1 aromatic heterocycles. The molecule has 20 heavy (non-hydrogen) atoms. The Morgan fingerprint density at radius 2 is 2.10 bits per heavy atom. The Morgan fingerprint density at radius 3 is 2.55 bits per heavy atom. The highest BCUT2D eigenvalue weighted by atomic mass is 79.9. The molecule has 0 spiro atoms. The van der Waals surface area contributed by atoms with Crippen molar-refractivity contribution in [3.8, 4) is 0 Å². The van der Waals surface area contributed by atoms with E-state index in [1.165, 1.54) is 4.68 Å². The Morgan fingerprint density at radius 1 is 1.50 bits per heavy atom. The Hall–Kier alpha value is -0.180. The summed E-state index contributed by atoms with van der Waals surface area (Å²) in [7, 11) is -2.17. The molecule has 1 saturated carbocycles. The molecule has 6 nitrogen and oxygen atoms in total. The summed E-state index contributed by atoms with van der Waals surface area (Å²) in [5.74, 6) is 0.878. The maximum Gasteiger partial charge on any atom is 0.261 e. The van der Waals surface area contributed by atoms with Gasteiger partial charge in [0, 0.05) is 18.5 Å². The molecule has 1 aliphatic rings. The zero-order valence-corrected chi connectivity index (χ0v) is 14.6. The van der Waals surface area contributed by atoms with Crippen molar-refractivity contribution in [2.45, 2.75) is 43.2 Å². The molecule has 9 heteroatoms. The number of rotatable bonds is 4. The highest BCUT2D eigenvalue weighted by Gasteiger charge is 2.39. The Bertz CT molecular complexity index is 562. The summed E-state index contributed by atoms with van der Waals surface area (Å²) in [5, 5.41) is 7.45. The fourth-order valence-electron chi connectivity index (χ4n) is 2.52. The summed E-state index contributed by atoms with van der Waals surface area (Å²) in [5.41, 5.74) is -0.573. The van der Waals surface area contributed by atoms with Crippen molar-refractivity contribution in [1.29, 1.82) is 0 Å². The van der Waals surface area contributed by atoms with E-state index >= 15 is 0 Å². The minimum Gasteiger partial charge on any atom is -0.235 e. The third-order valence-corrected chi connectivity index (χ3v) is 6.81. The molecule has 1 aromatic rings. The predicted molar refractivity (Wildman–Crippen MR) is 80.1 cm³/mol. The van der Waals surface area contributed by atoms with Crippen LogP contribution in [0, 0.1) is 5.92 Å². The molecule has 2 rings (SSSR count). The minimum absolute atomic E-state index is 0.0283. The lowest BCUT2D eigenvalue weighted by molar-refractivity contribution is 0.247. The zero-order valence-electron chi connectivity index (χ0n) is 11.4. The third-order valence-electron chi connectivity index (χ3n) is 3.83. The van der Waals surface area contributed by atoms with Crippen LogP contribution in [-0.2, 0) is 17.1 Å². The molecule has 1 fully saturated rings. The Kier molecular flexibility index (Phi) is 4.78. The van der Waals surface area contributed by atoms with E-state index in [1.807, 2.05) is 0 Å². The van der Waals surface area contributed by atoms with Crippen LogP contribution in [0.5, 0.6) is 0 Å². The average Bonchev–Trinajstić information content (AvgIpc) is 2.72. The molecule has 0 radical (unpaired) electrons. The van der Waals surface area contributed by atoms with Crippen LogP contribution in [0.1, 0.15) is 32.6 Å². The molecule has 1 N–H and O–H groups in total. The van der Waals surface area contributed by atoms with Crippen LogP contribution >= 0.6 is 27.5 Å². The normalized spacial score (nSPS) is 27.7. The van der Waals surface area contributed by atoms with Crippen LogP contribution in [0.25, 0.3) is 0 Å². The van der Waals surface area contributed by atoms with Crippen molar-refractivity contribution >= 4 is 37.6 Å². The maximum absolute atomic E-state index is 12.5. The van der Waals surface area contributed by atoms with Crippen molar-refractivity contribution in [2.24, 2.45) is 13.0 Å². The number of aromatic nitrogens is 3. The number of aryl methyl sites for hydroxylation is 1. The van der Waals surface area contributed by atoms with Gasteiger partial charge in [0.25, 0.3) is 10.0 Å². The minimum atomic E-state index is -3.71. The van der Waals surface area contributed by atoms with Crippen molar-refractivity contribution in [2.75, 3.05) is 5.88 Å². The Balaban J connectivity index is 2.27. The molecule has 0 unspecified atom stereocenters. The van der Waals surface area contributed by atoms with Gasteiger partial charge in [-0.25, -0.2) is 17.8 Å². The number of halogens is 2. The van der Waals surface area contributed by atoms with E-state index in [4.69, 9.17) is 11.6 Å². The number of nitrogens with one attached hydrogen (secondary N) is 1. The second-order valence-electron chi connectivity index (χ2n) is 5.51. The lowest BCUT2D eigenvalue weighted by Crippen LogP contribution is -2.52. The average molecular weight is 386 g/mol. The van der Waals surface area contributed by atoms with E-state index < -0.39 is 15.6 Å². The van der Waals surface area contributed by atoms with E-state index in [1.54, 1.807) is 7.05 Å². The molecule has 1 heterocycles. The quantitative estimate of drug-likeness (QED) is 0.805. The highest BCUT2D eigenvalue weighted by molar-refractivity contribution is 9.10. The SMILES string of the molecule is CC1CCC(CCl)(NS(=O)(=O)c2c(Br)nnn2C)CC1. The van der Waals surface area contributed by atoms with Gasteiger partial charge in [-0.05, 0) is 47.5 Å². The largest absolute Gasteiger partial charge is 0.261 e. The summed E-state index contributed by atoms with van der Waals surface area (Å²) < 4.78 is 29.3. The van der Waals surface area contributed by atoms with Gasteiger partial charge in [-0.15, -0.1) is 16.7 Å². The first-order valence-corrected chi connectivity index (χ1v) is 9.26. The molecule has 0 aromatic carbocycles. The molecule has 0 saturated heterocycles. The van der Waals surface area contributed by atoms with Gasteiger partial charge in [0.15, 0.2) is 4.60 Å². The predicted octanol–water partition coefficient (Wildman–Crippen LogP) is 2.04. The fraction of sp³-hybridized carbons (Fsp3) is 0.818. The highest BCUT2D eigenvalue weighted by Crippen LogP contribution is 2.34. The number of hydrogen-bond acceptors (Lipinski definition) is 4. The van der Waals surface area contributed by atoms with Crippen molar-refractivity contribution in [3.63, 3.8) is 0 Å². The van der Waals surface area contributed by atoms with Gasteiger partial charge < -0.3 is 0 Å². The first-order valence-electron chi connectivity index (χ1n) is 6.45. The fourth-order valence-corrected chi connectivity index (χ4v) is 5.49. The second-order valence-corrected chi connectivity index (χ2v) is 8.13. The summed E-state index contributed by atoms with van der Waals surface area (Å²) in [6.45, 7) is 2.17. The zero-order chi connectivity index (χ0) is 15.0.